The molecule has 31 heavy (non-hydrogen) atoms. The Morgan fingerprint density at radius 1 is 0.871 bits per heavy atom. The number of benzene rings is 2. The third-order valence-electron chi connectivity index (χ3n) is 6.48. The van der Waals surface area contributed by atoms with Crippen LogP contribution in [-0.2, 0) is 10.0 Å². The van der Waals surface area contributed by atoms with Crippen molar-refractivity contribution in [2.45, 2.75) is 40.5 Å². The van der Waals surface area contributed by atoms with E-state index in [0.717, 1.165) is 37.3 Å². The quantitative estimate of drug-likeness (QED) is 0.697. The molecule has 0 unspecified atom stereocenters. The molecule has 2 heterocycles. The van der Waals surface area contributed by atoms with Gasteiger partial charge in [-0.3, -0.25) is 0 Å². The van der Waals surface area contributed by atoms with E-state index in [9.17, 15) is 8.42 Å². The number of nitrogens with zero attached hydrogens (tertiary/aromatic N) is 3. The summed E-state index contributed by atoms with van der Waals surface area (Å²) in [5, 5.41) is 0. The van der Waals surface area contributed by atoms with Crippen LogP contribution in [0.3, 0.4) is 0 Å². The Kier molecular flexibility index (Phi) is 5.69. The topological polar surface area (TPSA) is 53.0 Å². The van der Waals surface area contributed by atoms with Crippen molar-refractivity contribution in [2.24, 2.45) is 4.40 Å². The van der Waals surface area contributed by atoms with Gasteiger partial charge in [0.15, 0.2) is 0 Å². The third-order valence-corrected chi connectivity index (χ3v) is 7.95. The van der Waals surface area contributed by atoms with Crippen molar-refractivity contribution in [2.75, 3.05) is 31.1 Å². The number of amidine groups is 1. The van der Waals surface area contributed by atoms with E-state index in [1.165, 1.54) is 22.4 Å². The zero-order valence-corrected chi connectivity index (χ0v) is 19.8. The summed E-state index contributed by atoms with van der Waals surface area (Å²) in [5.41, 5.74) is 6.52. The molecular weight excluding hydrogens is 406 g/mol. The van der Waals surface area contributed by atoms with E-state index in [1.54, 1.807) is 0 Å². The van der Waals surface area contributed by atoms with Gasteiger partial charge in [-0.05, 0) is 55.0 Å². The van der Waals surface area contributed by atoms with Gasteiger partial charge in [-0.1, -0.05) is 50.2 Å². The predicted octanol–water partition coefficient (Wildman–Crippen LogP) is 4.72. The number of hydrogen-bond acceptors (Lipinski definition) is 4. The predicted molar refractivity (Wildman–Crippen MR) is 129 cm³/mol. The zero-order valence-electron chi connectivity index (χ0n) is 19.0. The van der Waals surface area contributed by atoms with Crippen molar-refractivity contribution in [1.82, 2.24) is 4.90 Å². The standard InChI is InChI=1S/C25H31N3O2S/c1-17(2)21-9-11-22(12-10-21)24-20(5)25(26-31(24,29)30)28-15-13-27(14-16-28)23-8-6-7-18(3)19(23)4/h6-12,17H,13-16H2,1-5H3. The van der Waals surface area contributed by atoms with Gasteiger partial charge in [-0.15, -0.1) is 4.40 Å². The van der Waals surface area contributed by atoms with Crippen LogP contribution in [0.1, 0.15) is 48.9 Å². The highest BCUT2D eigenvalue weighted by atomic mass is 32.2. The molecule has 0 bridgehead atoms. The normalized spacial score (nSPS) is 18.7. The molecule has 0 N–H and O–H groups in total. The third kappa shape index (κ3) is 4.01. The summed E-state index contributed by atoms with van der Waals surface area (Å²) in [7, 11) is -3.69. The van der Waals surface area contributed by atoms with Gasteiger partial charge in [0, 0.05) is 37.4 Å². The highest BCUT2D eigenvalue weighted by Gasteiger charge is 2.34. The highest BCUT2D eigenvalue weighted by molar-refractivity contribution is 8.00. The average molecular weight is 438 g/mol. The van der Waals surface area contributed by atoms with Crippen molar-refractivity contribution in [1.29, 1.82) is 0 Å². The fourth-order valence-corrected chi connectivity index (χ4v) is 5.92. The van der Waals surface area contributed by atoms with E-state index in [0.29, 0.717) is 16.7 Å². The fourth-order valence-electron chi connectivity index (χ4n) is 4.44. The van der Waals surface area contributed by atoms with Crippen LogP contribution in [0, 0.1) is 13.8 Å². The summed E-state index contributed by atoms with van der Waals surface area (Å²) in [6.45, 7) is 13.6. The number of hydrogen-bond donors (Lipinski definition) is 0. The number of rotatable bonds is 3. The van der Waals surface area contributed by atoms with Crippen LogP contribution >= 0.6 is 0 Å². The molecule has 0 aliphatic carbocycles. The number of piperazine rings is 1. The summed E-state index contributed by atoms with van der Waals surface area (Å²) < 4.78 is 30.1. The Morgan fingerprint density at radius 3 is 2.10 bits per heavy atom. The Labute approximate surface area is 186 Å². The smallest absolute Gasteiger partial charge is 0.285 e. The van der Waals surface area contributed by atoms with Gasteiger partial charge in [0.2, 0.25) is 0 Å². The molecule has 1 fully saturated rings. The molecule has 0 saturated carbocycles. The largest absolute Gasteiger partial charge is 0.368 e. The van der Waals surface area contributed by atoms with Crippen molar-refractivity contribution in [3.8, 4) is 0 Å². The maximum absolute atomic E-state index is 12.9. The van der Waals surface area contributed by atoms with Crippen molar-refractivity contribution in [3.63, 3.8) is 0 Å². The molecule has 0 spiro atoms. The molecule has 1 saturated heterocycles. The van der Waals surface area contributed by atoms with Crippen LogP contribution in [0.2, 0.25) is 0 Å². The maximum atomic E-state index is 12.9. The lowest BCUT2D eigenvalue weighted by atomic mass is 10.0. The summed E-state index contributed by atoms with van der Waals surface area (Å²) in [6, 6.07) is 14.2. The van der Waals surface area contributed by atoms with Crippen molar-refractivity contribution >= 4 is 26.5 Å². The summed E-state index contributed by atoms with van der Waals surface area (Å²) in [6.07, 6.45) is 0. The molecule has 5 nitrogen and oxygen atoms in total. The van der Waals surface area contributed by atoms with Gasteiger partial charge in [-0.25, -0.2) is 0 Å². The lowest BCUT2D eigenvalue weighted by Crippen LogP contribution is -2.49. The molecule has 2 aromatic carbocycles. The van der Waals surface area contributed by atoms with Gasteiger partial charge in [0.05, 0.1) is 0 Å². The first-order valence-corrected chi connectivity index (χ1v) is 12.4. The first kappa shape index (κ1) is 21.6. The minimum Gasteiger partial charge on any atom is -0.368 e. The first-order chi connectivity index (χ1) is 14.7. The molecule has 0 aromatic heterocycles. The Hall–Kier alpha value is -2.60. The van der Waals surface area contributed by atoms with Crippen LogP contribution in [0.15, 0.2) is 52.4 Å². The van der Waals surface area contributed by atoms with Crippen LogP contribution in [0.4, 0.5) is 5.69 Å². The Morgan fingerprint density at radius 2 is 1.48 bits per heavy atom. The molecule has 0 atom stereocenters. The van der Waals surface area contributed by atoms with Crippen molar-refractivity contribution in [3.05, 3.63) is 70.3 Å². The van der Waals surface area contributed by atoms with Gasteiger partial charge in [0.1, 0.15) is 10.7 Å². The van der Waals surface area contributed by atoms with Gasteiger partial charge >= 0.3 is 0 Å². The minimum absolute atomic E-state index is 0.342. The molecule has 164 valence electrons. The summed E-state index contributed by atoms with van der Waals surface area (Å²) in [5.74, 6) is 1.01. The number of sulfonamides is 1. The van der Waals surface area contributed by atoms with Crippen LogP contribution in [0.5, 0.6) is 0 Å². The first-order valence-electron chi connectivity index (χ1n) is 10.9. The van der Waals surface area contributed by atoms with Gasteiger partial charge in [-0.2, -0.15) is 8.42 Å². The van der Waals surface area contributed by atoms with Gasteiger partial charge in [0.25, 0.3) is 10.0 Å². The van der Waals surface area contributed by atoms with Crippen LogP contribution in [-0.4, -0.2) is 45.3 Å². The molecule has 4 rings (SSSR count). The Bertz CT molecular complexity index is 1150. The molecule has 6 heteroatoms. The zero-order chi connectivity index (χ0) is 22.3. The summed E-state index contributed by atoms with van der Waals surface area (Å²) >= 11 is 0. The van der Waals surface area contributed by atoms with E-state index in [1.807, 2.05) is 31.2 Å². The van der Waals surface area contributed by atoms with E-state index in [-0.39, 0.29) is 0 Å². The second kappa shape index (κ2) is 8.15. The van der Waals surface area contributed by atoms with E-state index in [4.69, 9.17) is 0 Å². The number of anilines is 1. The monoisotopic (exact) mass is 437 g/mol. The molecule has 0 amide bonds. The number of aryl methyl sites for hydroxylation is 1. The Balaban J connectivity index is 1.56. The SMILES string of the molecule is CC1=C(c2ccc(C(C)C)cc2)S(=O)(=O)N=C1N1CCN(c2cccc(C)c2C)CC1. The summed E-state index contributed by atoms with van der Waals surface area (Å²) in [4.78, 5) is 4.84. The molecular formula is C25H31N3O2S. The van der Waals surface area contributed by atoms with Crippen molar-refractivity contribution < 1.29 is 8.42 Å². The lowest BCUT2D eigenvalue weighted by Gasteiger charge is -2.38. The average Bonchev–Trinajstić information content (AvgIpc) is 2.99. The van der Waals surface area contributed by atoms with E-state index < -0.39 is 10.0 Å². The molecule has 2 aliphatic heterocycles. The minimum atomic E-state index is -3.69. The lowest BCUT2D eigenvalue weighted by molar-refractivity contribution is 0.386. The van der Waals surface area contributed by atoms with Gasteiger partial charge < -0.3 is 9.80 Å². The van der Waals surface area contributed by atoms with E-state index >= 15 is 0 Å². The molecule has 2 aliphatic rings. The van der Waals surface area contributed by atoms with Crippen LogP contribution < -0.4 is 4.90 Å². The second-order valence-electron chi connectivity index (χ2n) is 8.81. The maximum Gasteiger partial charge on any atom is 0.285 e. The highest BCUT2D eigenvalue weighted by Crippen LogP contribution is 2.35. The molecule has 2 aromatic rings. The fraction of sp³-hybridized carbons (Fsp3) is 0.400. The van der Waals surface area contributed by atoms with E-state index in [2.05, 4.69) is 60.1 Å². The van der Waals surface area contributed by atoms with Crippen LogP contribution in [0.25, 0.3) is 4.91 Å². The second-order valence-corrected chi connectivity index (χ2v) is 10.4. The molecule has 0 radical (unpaired) electrons.